The average molecular weight is 137 g/mol. The first kappa shape index (κ1) is 4.81. The van der Waals surface area contributed by atoms with Gasteiger partial charge >= 0.3 is 0 Å². The van der Waals surface area contributed by atoms with Crippen LogP contribution in [0.3, 0.4) is 0 Å². The van der Waals surface area contributed by atoms with Gasteiger partial charge in [-0.05, 0) is 17.6 Å². The first-order valence-corrected chi connectivity index (χ1v) is 3.31. The summed E-state index contributed by atoms with van der Waals surface area (Å²) >= 11 is 1.38. The van der Waals surface area contributed by atoms with E-state index < -0.39 is 0 Å². The van der Waals surface area contributed by atoms with Crippen molar-refractivity contribution in [2.45, 2.75) is 0 Å². The van der Waals surface area contributed by atoms with Crippen LogP contribution in [0.25, 0.3) is 11.5 Å². The number of aromatic nitrogens is 3. The molecule has 0 spiro atoms. The first-order chi connectivity index (χ1) is 4.47. The third-order valence-electron chi connectivity index (χ3n) is 1.03. The van der Waals surface area contributed by atoms with Crippen molar-refractivity contribution in [1.82, 2.24) is 14.3 Å². The summed E-state index contributed by atoms with van der Waals surface area (Å²) in [4.78, 5) is 7.86. The summed E-state index contributed by atoms with van der Waals surface area (Å²) in [7, 11) is 0. The molecule has 0 N–H and O–H groups in total. The highest BCUT2D eigenvalue weighted by Crippen LogP contribution is 2.12. The molecule has 0 amide bonds. The Morgan fingerprint density at radius 1 is 1.33 bits per heavy atom. The van der Waals surface area contributed by atoms with Crippen molar-refractivity contribution < 1.29 is 0 Å². The van der Waals surface area contributed by atoms with Gasteiger partial charge in [0.2, 0.25) is 0 Å². The highest BCUT2D eigenvalue weighted by Gasteiger charge is 2.02. The van der Waals surface area contributed by atoms with E-state index in [0.29, 0.717) is 0 Å². The van der Waals surface area contributed by atoms with Crippen LogP contribution in [-0.2, 0) is 0 Å². The molecule has 0 aliphatic carbocycles. The van der Waals surface area contributed by atoms with E-state index in [-0.39, 0.29) is 0 Å². The van der Waals surface area contributed by atoms with Gasteiger partial charge in [-0.15, -0.1) is 0 Å². The second kappa shape index (κ2) is 1.73. The van der Waals surface area contributed by atoms with Gasteiger partial charge in [-0.2, -0.15) is 4.37 Å². The molecule has 0 saturated heterocycles. The molecule has 0 radical (unpaired) electrons. The van der Waals surface area contributed by atoms with Gasteiger partial charge in [0.25, 0.3) is 0 Å². The van der Waals surface area contributed by atoms with Gasteiger partial charge in [0.1, 0.15) is 12.0 Å². The van der Waals surface area contributed by atoms with Gasteiger partial charge in [0.15, 0.2) is 5.82 Å². The van der Waals surface area contributed by atoms with Crippen molar-refractivity contribution in [3.05, 3.63) is 17.8 Å². The van der Waals surface area contributed by atoms with E-state index in [4.69, 9.17) is 0 Å². The van der Waals surface area contributed by atoms with E-state index in [1.54, 1.807) is 0 Å². The van der Waals surface area contributed by atoms with Crippen molar-refractivity contribution in [3.8, 4) is 11.5 Å². The Morgan fingerprint density at radius 3 is 3.22 bits per heavy atom. The van der Waals surface area contributed by atoms with E-state index in [1.165, 1.54) is 17.9 Å². The minimum atomic E-state index is 0.738. The molecule has 2 rings (SSSR count). The van der Waals surface area contributed by atoms with E-state index in [9.17, 15) is 0 Å². The molecule has 0 aromatic carbocycles. The molecule has 0 atom stereocenters. The van der Waals surface area contributed by atoms with Crippen LogP contribution in [-0.4, -0.2) is 14.3 Å². The molecular weight excluding hydrogens is 134 g/mol. The smallest absolute Gasteiger partial charge is 0.192 e. The molecule has 0 unspecified atom stereocenters. The Kier molecular flexibility index (Phi) is 0.927. The molecule has 0 aromatic heterocycles. The normalized spacial score (nSPS) is 10.2. The SMILES string of the molecule is c1nc2ccsnc-2n1. The van der Waals surface area contributed by atoms with Crippen LogP contribution in [0.2, 0.25) is 0 Å². The first-order valence-electron chi connectivity index (χ1n) is 2.48. The van der Waals surface area contributed by atoms with Crippen LogP contribution in [0.5, 0.6) is 0 Å². The number of rotatable bonds is 0. The summed E-state index contributed by atoms with van der Waals surface area (Å²) < 4.78 is 4.01. The summed E-state index contributed by atoms with van der Waals surface area (Å²) in [6, 6.07) is 1.90. The molecule has 0 aromatic rings. The topological polar surface area (TPSA) is 38.7 Å². The number of imidazole rings is 1. The molecular formula is C5H3N3S. The Hall–Kier alpha value is -1.03. The van der Waals surface area contributed by atoms with Crippen LogP contribution >= 0.6 is 11.5 Å². The van der Waals surface area contributed by atoms with Crippen LogP contribution in [0.4, 0.5) is 0 Å². The zero-order valence-electron chi connectivity index (χ0n) is 4.48. The van der Waals surface area contributed by atoms with Gasteiger partial charge < -0.3 is 0 Å². The van der Waals surface area contributed by atoms with Crippen molar-refractivity contribution >= 4 is 11.5 Å². The summed E-state index contributed by atoms with van der Waals surface area (Å²) in [5, 5.41) is 1.89. The minimum Gasteiger partial charge on any atom is -0.233 e. The summed E-state index contributed by atoms with van der Waals surface area (Å²) in [5.74, 6) is 0.738. The van der Waals surface area contributed by atoms with Gasteiger partial charge in [-0.25, -0.2) is 9.97 Å². The Labute approximate surface area is 55.9 Å². The molecule has 0 saturated carbocycles. The summed E-state index contributed by atoms with van der Waals surface area (Å²) in [5.41, 5.74) is 0.869. The fourth-order valence-electron chi connectivity index (χ4n) is 0.633. The Bertz CT molecular complexity index is 252. The number of fused-ring (bicyclic) bond motifs is 1. The van der Waals surface area contributed by atoms with Crippen molar-refractivity contribution in [1.29, 1.82) is 0 Å². The maximum atomic E-state index is 4.01. The van der Waals surface area contributed by atoms with Crippen molar-refractivity contribution in [3.63, 3.8) is 0 Å². The maximum Gasteiger partial charge on any atom is 0.192 e. The van der Waals surface area contributed by atoms with E-state index in [1.807, 2.05) is 11.4 Å². The lowest BCUT2D eigenvalue weighted by Crippen LogP contribution is -1.77. The van der Waals surface area contributed by atoms with Gasteiger partial charge in [-0.3, -0.25) is 0 Å². The third kappa shape index (κ3) is 0.675. The van der Waals surface area contributed by atoms with Crippen LogP contribution in [0.1, 0.15) is 0 Å². The maximum absolute atomic E-state index is 4.01. The summed E-state index contributed by atoms with van der Waals surface area (Å²) in [6.45, 7) is 0. The van der Waals surface area contributed by atoms with Gasteiger partial charge in [0.05, 0.1) is 0 Å². The lowest BCUT2D eigenvalue weighted by molar-refractivity contribution is 1.30. The highest BCUT2D eigenvalue weighted by molar-refractivity contribution is 7.03. The zero-order valence-corrected chi connectivity index (χ0v) is 5.30. The third-order valence-corrected chi connectivity index (χ3v) is 1.57. The van der Waals surface area contributed by atoms with Crippen LogP contribution in [0, 0.1) is 0 Å². The molecule has 3 nitrogen and oxygen atoms in total. The number of hydrogen-bond acceptors (Lipinski definition) is 4. The lowest BCUT2D eigenvalue weighted by atomic mass is 10.4. The number of hydrogen-bond donors (Lipinski definition) is 0. The molecule has 0 bridgehead atoms. The molecule has 44 valence electrons. The Balaban J connectivity index is 2.79. The van der Waals surface area contributed by atoms with Crippen LogP contribution < -0.4 is 0 Å². The number of nitrogens with zero attached hydrogens (tertiary/aromatic N) is 3. The van der Waals surface area contributed by atoms with E-state index >= 15 is 0 Å². The Morgan fingerprint density at radius 2 is 2.33 bits per heavy atom. The largest absolute Gasteiger partial charge is 0.233 e. The zero-order chi connectivity index (χ0) is 6.10. The fourth-order valence-corrected chi connectivity index (χ4v) is 1.12. The summed E-state index contributed by atoms with van der Waals surface area (Å²) in [6.07, 6.45) is 1.52. The predicted molar refractivity (Wildman–Crippen MR) is 34.3 cm³/mol. The second-order valence-electron chi connectivity index (χ2n) is 1.58. The standard InChI is InChI=1S/C5H3N3S/c1-2-9-8-5-4(1)6-3-7-5/h1-3H. The van der Waals surface area contributed by atoms with Gasteiger partial charge in [-0.1, -0.05) is 0 Å². The highest BCUT2D eigenvalue weighted by atomic mass is 32.1. The van der Waals surface area contributed by atoms with Crippen molar-refractivity contribution in [2.24, 2.45) is 0 Å². The molecule has 0 fully saturated rings. The molecule has 9 heavy (non-hydrogen) atoms. The van der Waals surface area contributed by atoms with Crippen molar-refractivity contribution in [2.75, 3.05) is 0 Å². The molecule has 4 heteroatoms. The van der Waals surface area contributed by atoms with E-state index in [0.717, 1.165) is 11.5 Å². The monoisotopic (exact) mass is 137 g/mol. The lowest BCUT2D eigenvalue weighted by Gasteiger charge is -1.86. The predicted octanol–water partition coefficient (Wildman–Crippen LogP) is 1.04. The van der Waals surface area contributed by atoms with Gasteiger partial charge in [0, 0.05) is 5.38 Å². The molecule has 2 aliphatic heterocycles. The van der Waals surface area contributed by atoms with E-state index in [2.05, 4.69) is 14.3 Å². The second-order valence-corrected chi connectivity index (χ2v) is 2.25. The molecule has 2 heterocycles. The quantitative estimate of drug-likeness (QED) is 0.544. The fraction of sp³-hybridized carbons (Fsp3) is 0. The minimum absolute atomic E-state index is 0.738. The molecule has 2 aliphatic rings. The van der Waals surface area contributed by atoms with Crippen LogP contribution in [0.15, 0.2) is 17.8 Å². The average Bonchev–Trinajstić information content (AvgIpc) is 2.33.